The van der Waals surface area contributed by atoms with Crippen LogP contribution >= 0.6 is 0 Å². The van der Waals surface area contributed by atoms with Gasteiger partial charge in [-0.05, 0) is 106 Å². The molecule has 2 amide bonds. The number of furan rings is 2. The van der Waals surface area contributed by atoms with Crippen molar-refractivity contribution in [2.75, 3.05) is 0 Å². The molecule has 2 atom stereocenters. The lowest BCUT2D eigenvalue weighted by Gasteiger charge is -2.14. The zero-order valence-electron chi connectivity index (χ0n) is 34.2. The lowest BCUT2D eigenvalue weighted by molar-refractivity contribution is -0.140. The first kappa shape index (κ1) is 44.7. The van der Waals surface area contributed by atoms with Crippen LogP contribution in [0.15, 0.2) is 160 Å². The number of carbonyl (C=O) groups excluding carboxylic acids is 2. The third-order valence-corrected chi connectivity index (χ3v) is 10.00. The van der Waals surface area contributed by atoms with Crippen LogP contribution in [0.25, 0.3) is 44.2 Å². The fraction of sp³-hybridized carbons (Fsp3) is 0.120. The number of benzene rings is 6. The molecular weight excluding hydrogens is 846 g/mol. The lowest BCUT2D eigenvalue weighted by Crippen LogP contribution is -2.42. The summed E-state index contributed by atoms with van der Waals surface area (Å²) in [5.41, 5.74) is 6.20. The van der Waals surface area contributed by atoms with Crippen LogP contribution in [-0.2, 0) is 45.1 Å². The van der Waals surface area contributed by atoms with E-state index in [1.54, 1.807) is 30.3 Å². The van der Waals surface area contributed by atoms with Crippen LogP contribution in [0.3, 0.4) is 0 Å². The van der Waals surface area contributed by atoms with E-state index < -0.39 is 47.8 Å². The summed E-state index contributed by atoms with van der Waals surface area (Å²) in [5, 5.41) is 25.0. The first-order valence-corrected chi connectivity index (χ1v) is 20.0. The second-order valence-electron chi connectivity index (χ2n) is 14.7. The van der Waals surface area contributed by atoms with Crippen molar-refractivity contribution in [3.8, 4) is 22.3 Å². The van der Waals surface area contributed by atoms with Gasteiger partial charge < -0.3 is 39.2 Å². The van der Waals surface area contributed by atoms with E-state index in [1.807, 2.05) is 60.7 Å². The lowest BCUT2D eigenvalue weighted by atomic mass is 10.0. The molecule has 0 aliphatic carbocycles. The van der Waals surface area contributed by atoms with Crippen molar-refractivity contribution < 1.29 is 60.9 Å². The fourth-order valence-electron chi connectivity index (χ4n) is 6.72. The third-order valence-electron chi connectivity index (χ3n) is 10.00. The first-order chi connectivity index (χ1) is 31.3. The van der Waals surface area contributed by atoms with Gasteiger partial charge in [-0.3, -0.25) is 0 Å². The Kier molecular flexibility index (Phi) is 14.2. The van der Waals surface area contributed by atoms with Gasteiger partial charge in [0.05, 0.1) is 0 Å². The minimum absolute atomic E-state index is 0.00237. The van der Waals surface area contributed by atoms with Crippen LogP contribution in [0, 0.1) is 17.5 Å². The standard InChI is InChI=1S/C25H19F2NO5.C25H20FNO5/c26-19-6-1-15(2-7-19)11-22(24(29)30)28-25(31)32-14-21-13-18-12-17(5-10-23(18)33-21)16-3-8-20(27)9-4-16;26-20-9-6-16(7-10-20)12-22(24(28)29)27-25(30)31-15-21-14-19-13-18(8-11-23(19)32-21)17-4-2-1-3-5-17/h1-10,12-13,22H,11,14H2,(H,28,31)(H,29,30);1-11,13-14,22H,12,15H2,(H,27,30)(H,28,29)/t2*22-/m11/s1. The van der Waals surface area contributed by atoms with Gasteiger partial charge in [-0.2, -0.15) is 0 Å². The number of halogens is 3. The molecule has 0 unspecified atom stereocenters. The number of hydrogen-bond acceptors (Lipinski definition) is 8. The molecule has 0 saturated carbocycles. The Hall–Kier alpha value is -8.33. The van der Waals surface area contributed by atoms with E-state index in [4.69, 9.17) is 18.3 Å². The molecule has 6 aromatic carbocycles. The van der Waals surface area contributed by atoms with Crippen molar-refractivity contribution in [1.29, 1.82) is 0 Å². The fourth-order valence-corrected chi connectivity index (χ4v) is 6.72. The van der Waals surface area contributed by atoms with E-state index in [0.29, 0.717) is 33.8 Å². The van der Waals surface area contributed by atoms with E-state index in [2.05, 4.69) is 10.6 Å². The first-order valence-electron chi connectivity index (χ1n) is 20.0. The number of hydrogen-bond donors (Lipinski definition) is 4. The molecule has 0 aliphatic heterocycles. The minimum atomic E-state index is -1.24. The van der Waals surface area contributed by atoms with Gasteiger partial charge in [-0.15, -0.1) is 0 Å². The summed E-state index contributed by atoms with van der Waals surface area (Å²) in [6.07, 6.45) is -1.83. The number of ether oxygens (including phenoxy) is 2. The predicted molar refractivity (Wildman–Crippen MR) is 233 cm³/mol. The van der Waals surface area contributed by atoms with Gasteiger partial charge in [-0.25, -0.2) is 32.3 Å². The average Bonchev–Trinajstić information content (AvgIpc) is 3.92. The average molecular weight is 885 g/mol. The number of alkyl carbamates (subject to hydrolysis) is 2. The molecule has 0 aliphatic rings. The number of rotatable bonds is 14. The normalized spacial score (nSPS) is 11.8. The summed E-state index contributed by atoms with van der Waals surface area (Å²) in [7, 11) is 0. The summed E-state index contributed by atoms with van der Waals surface area (Å²) in [4.78, 5) is 47.2. The van der Waals surface area contributed by atoms with Crippen LogP contribution in [-0.4, -0.2) is 46.4 Å². The quantitative estimate of drug-likeness (QED) is 0.0822. The van der Waals surface area contributed by atoms with Crippen LogP contribution in [0.2, 0.25) is 0 Å². The van der Waals surface area contributed by atoms with Gasteiger partial charge in [-0.1, -0.05) is 78.9 Å². The molecule has 2 aromatic heterocycles. The SMILES string of the molecule is O=C(N[C@H](Cc1ccc(F)cc1)C(=O)O)OCc1cc2cc(-c3ccc(F)cc3)ccc2o1.O=C(N[C@H](Cc1ccc(F)cc1)C(=O)O)OCc1cc2cc(-c3ccccc3)ccc2o1. The molecule has 0 bridgehead atoms. The molecule has 0 radical (unpaired) electrons. The Labute approximate surface area is 368 Å². The Bertz CT molecular complexity index is 2920. The number of nitrogens with one attached hydrogen (secondary N) is 2. The zero-order valence-corrected chi connectivity index (χ0v) is 34.2. The number of carboxylic acids is 2. The summed E-state index contributed by atoms with van der Waals surface area (Å²) in [6, 6.07) is 39.1. The summed E-state index contributed by atoms with van der Waals surface area (Å²) in [6.45, 7) is -0.348. The van der Waals surface area contributed by atoms with Gasteiger partial charge >= 0.3 is 24.1 Å². The highest BCUT2D eigenvalue weighted by molar-refractivity contribution is 5.86. The number of amides is 2. The van der Waals surface area contributed by atoms with E-state index in [0.717, 1.165) is 33.0 Å². The van der Waals surface area contributed by atoms with Gasteiger partial charge in [0.1, 0.15) is 52.2 Å². The molecule has 4 N–H and O–H groups in total. The number of fused-ring (bicyclic) bond motifs is 2. The van der Waals surface area contributed by atoms with Crippen LogP contribution in [0.4, 0.5) is 22.8 Å². The Morgan fingerprint density at radius 1 is 0.477 bits per heavy atom. The van der Waals surface area contributed by atoms with Gasteiger partial charge in [0.15, 0.2) is 13.2 Å². The smallest absolute Gasteiger partial charge is 0.408 e. The third kappa shape index (κ3) is 12.4. The van der Waals surface area contributed by atoms with Crippen molar-refractivity contribution in [1.82, 2.24) is 10.6 Å². The molecule has 15 heteroatoms. The Morgan fingerprint density at radius 2 is 0.846 bits per heavy atom. The maximum absolute atomic E-state index is 13.1. The van der Waals surface area contributed by atoms with Gasteiger partial charge in [0, 0.05) is 23.6 Å². The maximum atomic E-state index is 13.1. The molecule has 0 saturated heterocycles. The molecule has 8 aromatic rings. The Morgan fingerprint density at radius 3 is 1.25 bits per heavy atom. The highest BCUT2D eigenvalue weighted by atomic mass is 19.1. The number of aliphatic carboxylic acids is 2. The van der Waals surface area contributed by atoms with E-state index >= 15 is 0 Å². The zero-order chi connectivity index (χ0) is 45.9. The summed E-state index contributed by atoms with van der Waals surface area (Å²) in [5.74, 6) is -2.82. The van der Waals surface area contributed by atoms with Crippen molar-refractivity contribution in [3.05, 3.63) is 192 Å². The molecular formula is C50H39F3N2O10. The highest BCUT2D eigenvalue weighted by Crippen LogP contribution is 2.29. The Balaban J connectivity index is 0.000000194. The summed E-state index contributed by atoms with van der Waals surface area (Å²) < 4.78 is 60.8. The number of carboxylic acid groups (broad SMARTS) is 2. The van der Waals surface area contributed by atoms with Crippen molar-refractivity contribution >= 4 is 46.1 Å². The molecule has 0 fully saturated rings. The van der Waals surface area contributed by atoms with E-state index in [1.165, 1.54) is 60.7 Å². The maximum Gasteiger partial charge on any atom is 0.408 e. The monoisotopic (exact) mass is 884 g/mol. The van der Waals surface area contributed by atoms with Crippen LogP contribution in [0.1, 0.15) is 22.6 Å². The second kappa shape index (κ2) is 20.7. The van der Waals surface area contributed by atoms with Crippen molar-refractivity contribution in [2.24, 2.45) is 0 Å². The summed E-state index contributed by atoms with van der Waals surface area (Å²) >= 11 is 0. The molecule has 8 rings (SSSR count). The molecule has 330 valence electrons. The predicted octanol–water partition coefficient (Wildman–Crippen LogP) is 10.5. The highest BCUT2D eigenvalue weighted by Gasteiger charge is 2.23. The molecule has 2 heterocycles. The van der Waals surface area contributed by atoms with E-state index in [-0.39, 0.29) is 31.9 Å². The topological polar surface area (TPSA) is 178 Å². The van der Waals surface area contributed by atoms with Crippen molar-refractivity contribution in [3.63, 3.8) is 0 Å². The largest absolute Gasteiger partial charge is 0.480 e. The van der Waals surface area contributed by atoms with Crippen LogP contribution in [0.5, 0.6) is 0 Å². The van der Waals surface area contributed by atoms with Crippen LogP contribution < -0.4 is 10.6 Å². The number of carbonyl (C=O) groups is 4. The van der Waals surface area contributed by atoms with Gasteiger partial charge in [0.25, 0.3) is 0 Å². The van der Waals surface area contributed by atoms with Crippen molar-refractivity contribution in [2.45, 2.75) is 38.1 Å². The van der Waals surface area contributed by atoms with Gasteiger partial charge in [0.2, 0.25) is 0 Å². The molecule has 65 heavy (non-hydrogen) atoms. The van der Waals surface area contributed by atoms with E-state index in [9.17, 15) is 42.6 Å². The molecule has 0 spiro atoms. The second-order valence-corrected chi connectivity index (χ2v) is 14.7. The minimum Gasteiger partial charge on any atom is -0.480 e. The molecule has 12 nitrogen and oxygen atoms in total.